The Morgan fingerprint density at radius 3 is 2.47 bits per heavy atom. The van der Waals surface area contributed by atoms with E-state index in [1.54, 1.807) is 31.4 Å². The Hall–Kier alpha value is -3.25. The van der Waals surface area contributed by atoms with Gasteiger partial charge >= 0.3 is 0 Å². The van der Waals surface area contributed by atoms with Crippen LogP contribution in [0.5, 0.6) is 5.75 Å². The molecule has 1 heterocycles. The molecule has 3 aromatic rings. The molecule has 1 aliphatic heterocycles. The molecule has 0 aromatic heterocycles. The summed E-state index contributed by atoms with van der Waals surface area (Å²) in [5, 5.41) is 2.88. The van der Waals surface area contributed by atoms with Gasteiger partial charge in [-0.2, -0.15) is 0 Å². The van der Waals surface area contributed by atoms with E-state index in [1.807, 2.05) is 47.4 Å². The summed E-state index contributed by atoms with van der Waals surface area (Å²) in [6, 6.07) is 22.5. The van der Waals surface area contributed by atoms with Crippen molar-refractivity contribution in [1.82, 2.24) is 0 Å². The number of hydrogen-bond donors (Lipinski definition) is 1. The third-order valence-electron chi connectivity index (χ3n) is 5.01. The molecule has 0 atom stereocenters. The number of benzene rings is 3. The zero-order valence-corrected chi connectivity index (χ0v) is 17.4. The van der Waals surface area contributed by atoms with Gasteiger partial charge in [0.1, 0.15) is 5.75 Å². The Bertz CT molecular complexity index is 1050. The van der Waals surface area contributed by atoms with Crippen molar-refractivity contribution in [1.29, 1.82) is 0 Å². The topological polar surface area (TPSA) is 58.6 Å². The molecule has 0 fully saturated rings. The van der Waals surface area contributed by atoms with Gasteiger partial charge in [-0.1, -0.05) is 18.2 Å². The van der Waals surface area contributed by atoms with Crippen LogP contribution in [0.15, 0.2) is 77.7 Å². The van der Waals surface area contributed by atoms with E-state index in [4.69, 9.17) is 4.74 Å². The fourth-order valence-corrected chi connectivity index (χ4v) is 4.17. The number of thioether (sulfide) groups is 1. The molecule has 1 N–H and O–H groups in total. The molecule has 0 saturated heterocycles. The predicted molar refractivity (Wildman–Crippen MR) is 121 cm³/mol. The molecule has 2 amide bonds. The maximum Gasteiger partial charge on any atom is 0.255 e. The Balaban J connectivity index is 1.31. The minimum atomic E-state index is -0.180. The van der Waals surface area contributed by atoms with Gasteiger partial charge in [-0.15, -0.1) is 11.8 Å². The van der Waals surface area contributed by atoms with Crippen molar-refractivity contribution >= 4 is 35.0 Å². The molecule has 0 spiro atoms. The van der Waals surface area contributed by atoms with Crippen LogP contribution in [-0.4, -0.2) is 31.2 Å². The SMILES string of the molecule is COc1ccc(C(=O)Nc2ccc(SCC(=O)N3CCc4ccccc43)cc2)cc1. The second kappa shape index (κ2) is 9.05. The summed E-state index contributed by atoms with van der Waals surface area (Å²) >= 11 is 1.50. The van der Waals surface area contributed by atoms with Gasteiger partial charge in [0.25, 0.3) is 5.91 Å². The monoisotopic (exact) mass is 418 g/mol. The van der Waals surface area contributed by atoms with Crippen LogP contribution in [0.4, 0.5) is 11.4 Å². The molecule has 30 heavy (non-hydrogen) atoms. The molecule has 0 unspecified atom stereocenters. The average Bonchev–Trinajstić information content (AvgIpc) is 3.23. The van der Waals surface area contributed by atoms with Crippen molar-refractivity contribution in [3.8, 4) is 5.75 Å². The van der Waals surface area contributed by atoms with Crippen LogP contribution in [0.2, 0.25) is 0 Å². The number of nitrogens with one attached hydrogen (secondary N) is 1. The van der Waals surface area contributed by atoms with E-state index in [2.05, 4.69) is 11.4 Å². The average molecular weight is 419 g/mol. The number of methoxy groups -OCH3 is 1. The number of hydrogen-bond acceptors (Lipinski definition) is 4. The minimum absolute atomic E-state index is 0.113. The van der Waals surface area contributed by atoms with Crippen molar-refractivity contribution in [3.63, 3.8) is 0 Å². The maximum atomic E-state index is 12.6. The molecular formula is C24H22N2O3S. The number of carbonyl (C=O) groups is 2. The number of nitrogens with zero attached hydrogens (tertiary/aromatic N) is 1. The Morgan fingerprint density at radius 2 is 1.73 bits per heavy atom. The summed E-state index contributed by atoms with van der Waals surface area (Å²) in [7, 11) is 1.59. The maximum absolute atomic E-state index is 12.6. The van der Waals surface area contributed by atoms with E-state index in [1.165, 1.54) is 17.3 Å². The molecule has 3 aromatic carbocycles. The van der Waals surface area contributed by atoms with Gasteiger partial charge in [-0.05, 0) is 66.6 Å². The lowest BCUT2D eigenvalue weighted by molar-refractivity contribution is -0.116. The zero-order valence-electron chi connectivity index (χ0n) is 16.6. The highest BCUT2D eigenvalue weighted by molar-refractivity contribution is 8.00. The summed E-state index contributed by atoms with van der Waals surface area (Å²) < 4.78 is 5.11. The summed E-state index contributed by atoms with van der Waals surface area (Å²) in [5.41, 5.74) is 3.53. The normalized spacial score (nSPS) is 12.4. The fraction of sp³-hybridized carbons (Fsp3) is 0.167. The van der Waals surface area contributed by atoms with Gasteiger partial charge in [0.2, 0.25) is 5.91 Å². The molecule has 0 bridgehead atoms. The van der Waals surface area contributed by atoms with Gasteiger partial charge in [0.05, 0.1) is 12.9 Å². The first-order valence-corrected chi connectivity index (χ1v) is 10.7. The second-order valence-electron chi connectivity index (χ2n) is 6.92. The highest BCUT2D eigenvalue weighted by Gasteiger charge is 2.23. The first-order valence-electron chi connectivity index (χ1n) is 9.70. The number of para-hydroxylation sites is 1. The number of rotatable bonds is 6. The van der Waals surface area contributed by atoms with Crippen molar-refractivity contribution in [2.45, 2.75) is 11.3 Å². The van der Waals surface area contributed by atoms with E-state index in [-0.39, 0.29) is 11.8 Å². The number of anilines is 2. The van der Waals surface area contributed by atoms with Gasteiger partial charge in [-0.25, -0.2) is 0 Å². The van der Waals surface area contributed by atoms with Crippen LogP contribution >= 0.6 is 11.8 Å². The third-order valence-corrected chi connectivity index (χ3v) is 6.01. The molecule has 0 saturated carbocycles. The second-order valence-corrected chi connectivity index (χ2v) is 7.97. The van der Waals surface area contributed by atoms with Crippen molar-refractivity contribution in [3.05, 3.63) is 83.9 Å². The summed E-state index contributed by atoms with van der Waals surface area (Å²) in [4.78, 5) is 27.8. The zero-order chi connectivity index (χ0) is 20.9. The quantitative estimate of drug-likeness (QED) is 0.593. The van der Waals surface area contributed by atoms with Crippen LogP contribution in [0, 0.1) is 0 Å². The van der Waals surface area contributed by atoms with Crippen molar-refractivity contribution in [2.24, 2.45) is 0 Å². The van der Waals surface area contributed by atoms with Gasteiger partial charge in [0, 0.05) is 28.4 Å². The van der Waals surface area contributed by atoms with E-state index in [9.17, 15) is 9.59 Å². The lowest BCUT2D eigenvalue weighted by Crippen LogP contribution is -2.30. The molecule has 4 rings (SSSR count). The fourth-order valence-electron chi connectivity index (χ4n) is 3.40. The van der Waals surface area contributed by atoms with Crippen LogP contribution in [-0.2, 0) is 11.2 Å². The standard InChI is InChI=1S/C24H22N2O3S/c1-29-20-10-6-18(7-11-20)24(28)25-19-8-12-21(13-9-19)30-16-23(27)26-15-14-17-4-2-3-5-22(17)26/h2-13H,14-16H2,1H3,(H,25,28). The Labute approximate surface area is 180 Å². The van der Waals surface area contributed by atoms with E-state index in [0.29, 0.717) is 22.8 Å². The Morgan fingerprint density at radius 1 is 1.00 bits per heavy atom. The number of amides is 2. The van der Waals surface area contributed by atoms with Crippen LogP contribution < -0.4 is 15.0 Å². The Kier molecular flexibility index (Phi) is 6.05. The number of ether oxygens (including phenoxy) is 1. The molecule has 1 aliphatic rings. The summed E-state index contributed by atoms with van der Waals surface area (Å²) in [6.45, 7) is 0.745. The first kappa shape index (κ1) is 20.0. The van der Waals surface area contributed by atoms with Crippen LogP contribution in [0.3, 0.4) is 0 Å². The number of fused-ring (bicyclic) bond motifs is 1. The van der Waals surface area contributed by atoms with Crippen LogP contribution in [0.25, 0.3) is 0 Å². The lowest BCUT2D eigenvalue weighted by atomic mass is 10.2. The summed E-state index contributed by atoms with van der Waals surface area (Å²) in [6.07, 6.45) is 0.912. The van der Waals surface area contributed by atoms with Gasteiger partial charge in [0.15, 0.2) is 0 Å². The smallest absolute Gasteiger partial charge is 0.255 e. The van der Waals surface area contributed by atoms with E-state index in [0.717, 1.165) is 23.5 Å². The van der Waals surface area contributed by atoms with Crippen LogP contribution in [0.1, 0.15) is 15.9 Å². The number of carbonyl (C=O) groups excluding carboxylic acids is 2. The molecule has 0 radical (unpaired) electrons. The molecule has 0 aliphatic carbocycles. The predicted octanol–water partition coefficient (Wildman–Crippen LogP) is 4.63. The van der Waals surface area contributed by atoms with Gasteiger partial charge in [-0.3, -0.25) is 9.59 Å². The lowest BCUT2D eigenvalue weighted by Gasteiger charge is -2.17. The van der Waals surface area contributed by atoms with Crippen molar-refractivity contribution < 1.29 is 14.3 Å². The highest BCUT2D eigenvalue weighted by atomic mass is 32.2. The largest absolute Gasteiger partial charge is 0.497 e. The molecule has 5 nitrogen and oxygen atoms in total. The van der Waals surface area contributed by atoms with E-state index < -0.39 is 0 Å². The molecular weight excluding hydrogens is 396 g/mol. The molecule has 152 valence electrons. The van der Waals surface area contributed by atoms with Crippen molar-refractivity contribution in [2.75, 3.05) is 29.6 Å². The van der Waals surface area contributed by atoms with Gasteiger partial charge < -0.3 is 15.0 Å². The minimum Gasteiger partial charge on any atom is -0.497 e. The van der Waals surface area contributed by atoms with E-state index >= 15 is 0 Å². The third kappa shape index (κ3) is 4.49. The first-order chi connectivity index (χ1) is 14.6. The molecule has 6 heteroatoms. The summed E-state index contributed by atoms with van der Waals surface area (Å²) in [5.74, 6) is 1.02. The highest BCUT2D eigenvalue weighted by Crippen LogP contribution is 2.29.